The average Bonchev–Trinajstić information content (AvgIpc) is 3.07. The van der Waals surface area contributed by atoms with Crippen molar-refractivity contribution in [1.82, 2.24) is 5.32 Å². The van der Waals surface area contributed by atoms with Crippen LogP contribution >= 0.6 is 0 Å². The number of amides is 1. The third-order valence-electron chi connectivity index (χ3n) is 3.17. The summed E-state index contributed by atoms with van der Waals surface area (Å²) >= 11 is 0. The highest BCUT2D eigenvalue weighted by Crippen LogP contribution is 2.27. The zero-order chi connectivity index (χ0) is 11.8. The van der Waals surface area contributed by atoms with Gasteiger partial charge in [0.25, 0.3) is 5.91 Å². The Kier molecular flexibility index (Phi) is 2.39. The van der Waals surface area contributed by atoms with Crippen LogP contribution in [0.15, 0.2) is 28.7 Å². The first-order chi connectivity index (χ1) is 8.29. The second kappa shape index (κ2) is 3.91. The van der Waals surface area contributed by atoms with E-state index in [1.807, 2.05) is 31.2 Å². The van der Waals surface area contributed by atoms with Gasteiger partial charge in [-0.15, -0.1) is 0 Å². The van der Waals surface area contributed by atoms with Crippen molar-refractivity contribution in [2.45, 2.75) is 32.2 Å². The van der Waals surface area contributed by atoms with Crippen molar-refractivity contribution >= 4 is 16.9 Å². The van der Waals surface area contributed by atoms with Crippen LogP contribution in [0.5, 0.6) is 0 Å². The molecule has 3 rings (SSSR count). The smallest absolute Gasteiger partial charge is 0.287 e. The van der Waals surface area contributed by atoms with Crippen molar-refractivity contribution in [3.05, 3.63) is 35.6 Å². The van der Waals surface area contributed by atoms with Crippen molar-refractivity contribution in [2.24, 2.45) is 0 Å². The van der Waals surface area contributed by atoms with Crippen LogP contribution in [0.3, 0.4) is 0 Å². The molecule has 1 aliphatic carbocycles. The Hall–Kier alpha value is -1.77. The molecule has 1 N–H and O–H groups in total. The summed E-state index contributed by atoms with van der Waals surface area (Å²) < 4.78 is 5.67. The Bertz CT molecular complexity index is 567. The first kappa shape index (κ1) is 10.4. The number of hydrogen-bond donors (Lipinski definition) is 1. The fraction of sp³-hybridized carbons (Fsp3) is 0.357. The van der Waals surface area contributed by atoms with Gasteiger partial charge in [0.05, 0.1) is 0 Å². The van der Waals surface area contributed by atoms with Gasteiger partial charge in [-0.3, -0.25) is 4.79 Å². The number of nitrogens with one attached hydrogen (secondary N) is 1. The Balaban J connectivity index is 2.04. The summed E-state index contributed by atoms with van der Waals surface area (Å²) in [5.41, 5.74) is 1.81. The minimum absolute atomic E-state index is 0.0689. The van der Waals surface area contributed by atoms with Gasteiger partial charge in [-0.25, -0.2) is 0 Å². The molecule has 2 aromatic rings. The first-order valence-corrected chi connectivity index (χ1v) is 6.11. The zero-order valence-electron chi connectivity index (χ0n) is 9.82. The summed E-state index contributed by atoms with van der Waals surface area (Å²) in [5, 5.41) is 4.02. The fourth-order valence-electron chi connectivity index (χ4n) is 2.11. The van der Waals surface area contributed by atoms with E-state index in [0.717, 1.165) is 35.8 Å². The molecule has 1 aromatic heterocycles. The molecule has 0 radical (unpaired) electrons. The predicted octanol–water partition coefficient (Wildman–Crippen LogP) is 2.89. The third kappa shape index (κ3) is 1.82. The largest absolute Gasteiger partial charge is 0.451 e. The van der Waals surface area contributed by atoms with Gasteiger partial charge in [-0.1, -0.05) is 25.1 Å². The molecular formula is C14H15NO2. The summed E-state index contributed by atoms with van der Waals surface area (Å²) in [5.74, 6) is 0.418. The molecule has 3 heteroatoms. The maximum Gasteiger partial charge on any atom is 0.287 e. The highest BCUT2D eigenvalue weighted by molar-refractivity contribution is 5.99. The first-order valence-electron chi connectivity index (χ1n) is 6.11. The molecule has 0 bridgehead atoms. The molecule has 1 fully saturated rings. The summed E-state index contributed by atoms with van der Waals surface area (Å²) in [6, 6.07) is 8.17. The van der Waals surface area contributed by atoms with E-state index in [2.05, 4.69) is 5.32 Å². The van der Waals surface area contributed by atoms with Crippen LogP contribution in [0.4, 0.5) is 0 Å². The lowest BCUT2D eigenvalue weighted by atomic mass is 10.1. The van der Waals surface area contributed by atoms with Crippen LogP contribution in [0.2, 0.25) is 0 Å². The molecule has 0 saturated heterocycles. The molecule has 1 saturated carbocycles. The Morgan fingerprint density at radius 2 is 2.18 bits per heavy atom. The van der Waals surface area contributed by atoms with Crippen LogP contribution in [-0.2, 0) is 6.42 Å². The van der Waals surface area contributed by atoms with Crippen LogP contribution in [0.25, 0.3) is 11.0 Å². The molecule has 1 amide bonds. The van der Waals surface area contributed by atoms with Crippen LogP contribution in [0.1, 0.15) is 35.9 Å². The normalized spacial score (nSPS) is 15.1. The van der Waals surface area contributed by atoms with Gasteiger partial charge in [0, 0.05) is 17.0 Å². The van der Waals surface area contributed by atoms with Gasteiger partial charge in [-0.2, -0.15) is 0 Å². The summed E-state index contributed by atoms with van der Waals surface area (Å²) in [6.45, 7) is 2.05. The number of carbonyl (C=O) groups excluding carboxylic acids is 1. The number of para-hydroxylation sites is 1. The Morgan fingerprint density at radius 1 is 1.41 bits per heavy atom. The number of furan rings is 1. The van der Waals surface area contributed by atoms with Crippen molar-refractivity contribution < 1.29 is 9.21 Å². The number of carbonyl (C=O) groups is 1. The molecule has 3 nitrogen and oxygen atoms in total. The topological polar surface area (TPSA) is 42.2 Å². The minimum Gasteiger partial charge on any atom is -0.451 e. The second-order valence-corrected chi connectivity index (χ2v) is 4.51. The summed E-state index contributed by atoms with van der Waals surface area (Å²) in [6.07, 6.45) is 2.99. The summed E-state index contributed by atoms with van der Waals surface area (Å²) in [4.78, 5) is 12.0. The molecule has 1 aromatic carbocycles. The molecule has 88 valence electrons. The predicted molar refractivity (Wildman–Crippen MR) is 66.1 cm³/mol. The zero-order valence-corrected chi connectivity index (χ0v) is 9.82. The maximum absolute atomic E-state index is 12.0. The van der Waals surface area contributed by atoms with E-state index in [1.165, 1.54) is 0 Å². The van der Waals surface area contributed by atoms with Gasteiger partial charge in [0.15, 0.2) is 5.76 Å². The van der Waals surface area contributed by atoms with Crippen molar-refractivity contribution in [3.8, 4) is 0 Å². The molecule has 1 aliphatic rings. The van der Waals surface area contributed by atoms with Gasteiger partial charge in [0.2, 0.25) is 0 Å². The van der Waals surface area contributed by atoms with E-state index in [0.29, 0.717) is 11.8 Å². The number of aryl methyl sites for hydroxylation is 1. The van der Waals surface area contributed by atoms with Crippen LogP contribution in [-0.4, -0.2) is 11.9 Å². The van der Waals surface area contributed by atoms with E-state index in [4.69, 9.17) is 4.42 Å². The quantitative estimate of drug-likeness (QED) is 0.879. The molecule has 17 heavy (non-hydrogen) atoms. The number of benzene rings is 1. The van der Waals surface area contributed by atoms with Crippen LogP contribution < -0.4 is 5.32 Å². The number of fused-ring (bicyclic) bond motifs is 1. The van der Waals surface area contributed by atoms with Crippen LogP contribution in [0, 0.1) is 0 Å². The third-order valence-corrected chi connectivity index (χ3v) is 3.17. The lowest BCUT2D eigenvalue weighted by Crippen LogP contribution is -2.25. The highest BCUT2D eigenvalue weighted by Gasteiger charge is 2.27. The average molecular weight is 229 g/mol. The molecule has 1 heterocycles. The van der Waals surface area contributed by atoms with Gasteiger partial charge < -0.3 is 9.73 Å². The standard InChI is InChI=1S/C14H15NO2/c1-2-10-11-5-3-4-6-12(11)17-13(10)14(16)15-9-7-8-9/h3-6,9H,2,7-8H2,1H3,(H,15,16). The van der Waals surface area contributed by atoms with Crippen molar-refractivity contribution in [1.29, 1.82) is 0 Å². The van der Waals surface area contributed by atoms with E-state index in [9.17, 15) is 4.79 Å². The van der Waals surface area contributed by atoms with E-state index in [-0.39, 0.29) is 5.91 Å². The molecule has 0 unspecified atom stereocenters. The van der Waals surface area contributed by atoms with Crippen molar-refractivity contribution in [2.75, 3.05) is 0 Å². The van der Waals surface area contributed by atoms with E-state index in [1.54, 1.807) is 0 Å². The number of hydrogen-bond acceptors (Lipinski definition) is 2. The van der Waals surface area contributed by atoms with Gasteiger partial charge in [0.1, 0.15) is 5.58 Å². The molecule has 0 aliphatic heterocycles. The van der Waals surface area contributed by atoms with Crippen molar-refractivity contribution in [3.63, 3.8) is 0 Å². The Morgan fingerprint density at radius 3 is 2.88 bits per heavy atom. The van der Waals surface area contributed by atoms with Gasteiger partial charge in [-0.05, 0) is 25.3 Å². The highest BCUT2D eigenvalue weighted by atomic mass is 16.3. The SMILES string of the molecule is CCc1c(C(=O)NC2CC2)oc2ccccc12. The molecule has 0 atom stereocenters. The second-order valence-electron chi connectivity index (χ2n) is 4.51. The maximum atomic E-state index is 12.0. The molecular weight excluding hydrogens is 214 g/mol. The lowest BCUT2D eigenvalue weighted by Gasteiger charge is -2.01. The minimum atomic E-state index is -0.0689. The Labute approximate surface area is 99.8 Å². The fourth-order valence-corrected chi connectivity index (χ4v) is 2.11. The number of rotatable bonds is 3. The van der Waals surface area contributed by atoms with E-state index < -0.39 is 0 Å². The monoisotopic (exact) mass is 229 g/mol. The van der Waals surface area contributed by atoms with Gasteiger partial charge >= 0.3 is 0 Å². The van der Waals surface area contributed by atoms with E-state index >= 15 is 0 Å². The lowest BCUT2D eigenvalue weighted by molar-refractivity contribution is 0.0924. The summed E-state index contributed by atoms with van der Waals surface area (Å²) in [7, 11) is 0. The molecule has 0 spiro atoms.